The monoisotopic (exact) mass is 198 g/mol. The predicted octanol–water partition coefficient (Wildman–Crippen LogP) is 1.09. The summed E-state index contributed by atoms with van der Waals surface area (Å²) in [5, 5.41) is 15.3. The van der Waals surface area contributed by atoms with Crippen molar-refractivity contribution in [1.29, 1.82) is 0 Å². The highest BCUT2D eigenvalue weighted by Crippen LogP contribution is 2.11. The predicted molar refractivity (Wildman–Crippen MR) is 54.0 cm³/mol. The molecule has 1 atom stereocenters. The minimum atomic E-state index is 0.709. The van der Waals surface area contributed by atoms with Crippen molar-refractivity contribution in [2.24, 2.45) is 0 Å². The first kappa shape index (κ1) is 8.90. The lowest BCUT2D eigenvalue weighted by atomic mass is 10.2. The lowest BCUT2D eigenvalue weighted by Gasteiger charge is -2.09. The number of anilines is 1. The second kappa shape index (κ2) is 4.53. The third-order valence-corrected chi connectivity index (χ3v) is 2.94. The van der Waals surface area contributed by atoms with Crippen LogP contribution in [0.25, 0.3) is 0 Å². The summed E-state index contributed by atoms with van der Waals surface area (Å²) in [5.74, 6) is 0. The molecule has 5 heteroatoms. The van der Waals surface area contributed by atoms with Crippen LogP contribution < -0.4 is 10.6 Å². The van der Waals surface area contributed by atoms with Gasteiger partial charge in [0.2, 0.25) is 5.13 Å². The van der Waals surface area contributed by atoms with E-state index in [0.717, 1.165) is 11.7 Å². The van der Waals surface area contributed by atoms with Crippen molar-refractivity contribution in [3.05, 3.63) is 5.51 Å². The van der Waals surface area contributed by atoms with E-state index in [1.54, 1.807) is 16.8 Å². The average molecular weight is 198 g/mol. The Morgan fingerprint density at radius 3 is 3.38 bits per heavy atom. The molecule has 13 heavy (non-hydrogen) atoms. The Morgan fingerprint density at radius 2 is 2.69 bits per heavy atom. The van der Waals surface area contributed by atoms with Gasteiger partial charge < -0.3 is 10.6 Å². The molecular weight excluding hydrogens is 184 g/mol. The molecule has 72 valence electrons. The second-order valence-corrected chi connectivity index (χ2v) is 4.09. The van der Waals surface area contributed by atoms with Gasteiger partial charge in [0, 0.05) is 12.6 Å². The first-order valence-corrected chi connectivity index (χ1v) is 5.56. The summed E-state index contributed by atoms with van der Waals surface area (Å²) in [6, 6.07) is 0.709. The van der Waals surface area contributed by atoms with E-state index in [4.69, 9.17) is 0 Å². The van der Waals surface area contributed by atoms with E-state index in [1.807, 2.05) is 0 Å². The van der Waals surface area contributed by atoms with Gasteiger partial charge in [0.1, 0.15) is 5.51 Å². The Kier molecular flexibility index (Phi) is 3.10. The molecule has 0 bridgehead atoms. The van der Waals surface area contributed by atoms with Crippen molar-refractivity contribution in [2.45, 2.75) is 25.3 Å². The van der Waals surface area contributed by atoms with Gasteiger partial charge in [0.25, 0.3) is 0 Å². The van der Waals surface area contributed by atoms with Crippen molar-refractivity contribution >= 4 is 16.5 Å². The van der Waals surface area contributed by atoms with Crippen LogP contribution in [0.5, 0.6) is 0 Å². The Balaban J connectivity index is 1.63. The molecule has 1 aliphatic heterocycles. The normalized spacial score (nSPS) is 22.0. The van der Waals surface area contributed by atoms with Crippen LogP contribution in [-0.2, 0) is 0 Å². The molecule has 1 saturated heterocycles. The molecule has 1 aromatic heterocycles. The Hall–Kier alpha value is -0.680. The van der Waals surface area contributed by atoms with E-state index < -0.39 is 0 Å². The third kappa shape index (κ3) is 2.63. The summed E-state index contributed by atoms with van der Waals surface area (Å²) >= 11 is 1.55. The molecule has 1 aromatic rings. The first-order chi connectivity index (χ1) is 6.45. The van der Waals surface area contributed by atoms with Gasteiger partial charge >= 0.3 is 0 Å². The lowest BCUT2D eigenvalue weighted by molar-refractivity contribution is 0.574. The number of hydrogen-bond acceptors (Lipinski definition) is 5. The summed E-state index contributed by atoms with van der Waals surface area (Å²) in [4.78, 5) is 0. The fourth-order valence-electron chi connectivity index (χ4n) is 1.61. The van der Waals surface area contributed by atoms with Gasteiger partial charge in [0.05, 0.1) is 0 Å². The number of nitrogens with zero attached hydrogens (tertiary/aromatic N) is 2. The van der Waals surface area contributed by atoms with Crippen molar-refractivity contribution in [3.8, 4) is 0 Å². The van der Waals surface area contributed by atoms with Gasteiger partial charge in [-0.05, 0) is 25.8 Å². The van der Waals surface area contributed by atoms with E-state index in [0.29, 0.717) is 6.04 Å². The molecule has 0 aliphatic carbocycles. The Bertz CT molecular complexity index is 230. The molecule has 1 aliphatic rings. The van der Waals surface area contributed by atoms with E-state index >= 15 is 0 Å². The van der Waals surface area contributed by atoms with Crippen molar-refractivity contribution in [2.75, 3.05) is 18.4 Å². The third-order valence-electron chi connectivity index (χ3n) is 2.29. The Labute approximate surface area is 81.8 Å². The number of aromatic nitrogens is 2. The largest absolute Gasteiger partial charge is 0.360 e. The van der Waals surface area contributed by atoms with Crippen molar-refractivity contribution in [1.82, 2.24) is 15.5 Å². The van der Waals surface area contributed by atoms with E-state index in [-0.39, 0.29) is 0 Å². The molecule has 4 nitrogen and oxygen atoms in total. The molecular formula is C8H14N4S. The van der Waals surface area contributed by atoms with E-state index in [1.165, 1.54) is 25.8 Å². The van der Waals surface area contributed by atoms with E-state index in [2.05, 4.69) is 20.8 Å². The molecule has 0 radical (unpaired) electrons. The van der Waals surface area contributed by atoms with Gasteiger partial charge in [-0.25, -0.2) is 0 Å². The van der Waals surface area contributed by atoms with Crippen LogP contribution in [0, 0.1) is 0 Å². The molecule has 0 spiro atoms. The fourth-order valence-corrected chi connectivity index (χ4v) is 2.08. The van der Waals surface area contributed by atoms with Gasteiger partial charge in [-0.15, -0.1) is 10.2 Å². The summed E-state index contributed by atoms with van der Waals surface area (Å²) < 4.78 is 0. The zero-order chi connectivity index (χ0) is 8.93. The van der Waals surface area contributed by atoms with Crippen LogP contribution in [0.1, 0.15) is 19.3 Å². The lowest BCUT2D eigenvalue weighted by Crippen LogP contribution is -2.24. The molecule has 1 fully saturated rings. The zero-order valence-corrected chi connectivity index (χ0v) is 8.31. The van der Waals surface area contributed by atoms with E-state index in [9.17, 15) is 0 Å². The number of rotatable bonds is 4. The Morgan fingerprint density at radius 1 is 1.69 bits per heavy atom. The minimum Gasteiger partial charge on any atom is -0.360 e. The maximum absolute atomic E-state index is 3.92. The number of nitrogens with one attached hydrogen (secondary N) is 2. The average Bonchev–Trinajstić information content (AvgIpc) is 2.75. The first-order valence-electron chi connectivity index (χ1n) is 4.68. The molecule has 0 saturated carbocycles. The molecule has 0 amide bonds. The van der Waals surface area contributed by atoms with Crippen LogP contribution >= 0.6 is 11.3 Å². The smallest absolute Gasteiger partial charge is 0.205 e. The zero-order valence-electron chi connectivity index (χ0n) is 7.49. The SMILES string of the molecule is c1nnc(NCCC2CCCN2)s1. The number of hydrogen-bond donors (Lipinski definition) is 2. The summed E-state index contributed by atoms with van der Waals surface area (Å²) in [5.41, 5.74) is 1.75. The highest BCUT2D eigenvalue weighted by atomic mass is 32.1. The van der Waals surface area contributed by atoms with Gasteiger partial charge in [-0.3, -0.25) is 0 Å². The minimum absolute atomic E-state index is 0.709. The maximum Gasteiger partial charge on any atom is 0.205 e. The molecule has 2 N–H and O–H groups in total. The van der Waals surface area contributed by atoms with Crippen LogP contribution in [0.2, 0.25) is 0 Å². The van der Waals surface area contributed by atoms with Crippen LogP contribution in [0.4, 0.5) is 5.13 Å². The van der Waals surface area contributed by atoms with Crippen LogP contribution in [0.3, 0.4) is 0 Å². The standard InChI is InChI=1S/C8H14N4S/c1-2-7(9-4-1)3-5-10-8-12-11-6-13-8/h6-7,9H,1-5H2,(H,10,12). The highest BCUT2D eigenvalue weighted by Gasteiger charge is 2.12. The van der Waals surface area contributed by atoms with Crippen molar-refractivity contribution in [3.63, 3.8) is 0 Å². The quantitative estimate of drug-likeness (QED) is 0.760. The molecule has 1 unspecified atom stereocenters. The molecule has 2 heterocycles. The van der Waals surface area contributed by atoms with Crippen molar-refractivity contribution < 1.29 is 0 Å². The summed E-state index contributed by atoms with van der Waals surface area (Å²) in [6.45, 7) is 2.18. The molecule has 0 aromatic carbocycles. The van der Waals surface area contributed by atoms with Gasteiger partial charge in [-0.1, -0.05) is 11.3 Å². The van der Waals surface area contributed by atoms with Crippen LogP contribution in [-0.4, -0.2) is 29.3 Å². The summed E-state index contributed by atoms with van der Waals surface area (Å²) in [6.07, 6.45) is 3.82. The topological polar surface area (TPSA) is 49.8 Å². The maximum atomic E-state index is 3.92. The second-order valence-electron chi connectivity index (χ2n) is 3.25. The molecule has 2 rings (SSSR count). The van der Waals surface area contributed by atoms with Gasteiger partial charge in [0.15, 0.2) is 0 Å². The van der Waals surface area contributed by atoms with Crippen LogP contribution in [0.15, 0.2) is 5.51 Å². The summed E-state index contributed by atoms with van der Waals surface area (Å²) in [7, 11) is 0. The fraction of sp³-hybridized carbons (Fsp3) is 0.750. The van der Waals surface area contributed by atoms with Gasteiger partial charge in [-0.2, -0.15) is 0 Å². The highest BCUT2D eigenvalue weighted by molar-refractivity contribution is 7.13.